The molecule has 2 aromatic carbocycles. The second kappa shape index (κ2) is 9.92. The van der Waals surface area contributed by atoms with Gasteiger partial charge >= 0.3 is 5.91 Å². The summed E-state index contributed by atoms with van der Waals surface area (Å²) < 4.78 is 6.85. The van der Waals surface area contributed by atoms with E-state index in [0.29, 0.717) is 12.4 Å². The van der Waals surface area contributed by atoms with E-state index in [1.165, 1.54) is 6.07 Å². The zero-order chi connectivity index (χ0) is 23.2. The minimum Gasteiger partial charge on any atom is -0.478 e. The van der Waals surface area contributed by atoms with Gasteiger partial charge in [0.2, 0.25) is 11.7 Å². The van der Waals surface area contributed by atoms with Gasteiger partial charge in [0.05, 0.1) is 17.3 Å². The highest BCUT2D eigenvalue weighted by Gasteiger charge is 2.20. The van der Waals surface area contributed by atoms with Crippen LogP contribution in [0.3, 0.4) is 0 Å². The number of carbonyl (C=O) groups excluding carboxylic acids is 2. The van der Waals surface area contributed by atoms with Crippen LogP contribution in [0.2, 0.25) is 5.02 Å². The molecule has 0 atom stereocenters. The number of nitrogens with zero attached hydrogens (tertiary/aromatic N) is 4. The highest BCUT2D eigenvalue weighted by molar-refractivity contribution is 6.33. The normalized spacial score (nSPS) is 10.5. The lowest BCUT2D eigenvalue weighted by atomic mass is 10.2. The second-order valence-electron chi connectivity index (χ2n) is 6.69. The maximum absolute atomic E-state index is 12.7. The van der Waals surface area contributed by atoms with Gasteiger partial charge in [-0.1, -0.05) is 60.1 Å². The van der Waals surface area contributed by atoms with Crippen LogP contribution < -0.4 is 15.6 Å². The van der Waals surface area contributed by atoms with Crippen LogP contribution in [0.25, 0.3) is 17.1 Å². The van der Waals surface area contributed by atoms with Gasteiger partial charge in [-0.05, 0) is 25.1 Å². The molecule has 0 unspecified atom stereocenters. The number of amides is 2. The number of halogens is 1. The molecule has 0 aliphatic carbocycles. The molecule has 9 nitrogen and oxygen atoms in total. The van der Waals surface area contributed by atoms with Gasteiger partial charge in [0, 0.05) is 11.6 Å². The number of benzene rings is 2. The summed E-state index contributed by atoms with van der Waals surface area (Å²) in [6.45, 7) is 2.17. The number of ether oxygens (including phenoxy) is 1. The van der Waals surface area contributed by atoms with Crippen molar-refractivity contribution in [3.63, 3.8) is 0 Å². The molecule has 4 rings (SSSR count). The summed E-state index contributed by atoms with van der Waals surface area (Å²) in [5.74, 6) is -0.811. The van der Waals surface area contributed by atoms with Gasteiger partial charge in [-0.3, -0.25) is 20.4 Å². The minimum atomic E-state index is -0.708. The molecular formula is C23H19ClN6O3. The van der Waals surface area contributed by atoms with Crippen LogP contribution in [-0.4, -0.2) is 38.2 Å². The number of carbonyl (C=O) groups is 2. The Morgan fingerprint density at radius 1 is 0.909 bits per heavy atom. The molecule has 0 aliphatic rings. The van der Waals surface area contributed by atoms with Crippen LogP contribution in [0.15, 0.2) is 72.8 Å². The van der Waals surface area contributed by atoms with Gasteiger partial charge in [-0.25, -0.2) is 14.6 Å². The van der Waals surface area contributed by atoms with E-state index in [1.54, 1.807) is 17.7 Å². The summed E-state index contributed by atoms with van der Waals surface area (Å²) in [4.78, 5) is 33.7. The maximum Gasteiger partial charge on any atom is 0.309 e. The number of aromatic nitrogens is 4. The fourth-order valence-electron chi connectivity index (χ4n) is 2.97. The van der Waals surface area contributed by atoms with Crippen molar-refractivity contribution in [1.29, 1.82) is 0 Å². The van der Waals surface area contributed by atoms with Crippen molar-refractivity contribution in [3.8, 4) is 23.0 Å². The molecule has 166 valence electrons. The number of pyridine rings is 1. The van der Waals surface area contributed by atoms with E-state index in [0.717, 1.165) is 11.3 Å². The van der Waals surface area contributed by atoms with Gasteiger partial charge < -0.3 is 4.74 Å². The smallest absolute Gasteiger partial charge is 0.309 e. The molecule has 4 aromatic rings. The lowest BCUT2D eigenvalue weighted by Crippen LogP contribution is -2.42. The average Bonchev–Trinajstić information content (AvgIpc) is 3.30. The van der Waals surface area contributed by atoms with Gasteiger partial charge in [0.15, 0.2) is 11.5 Å². The van der Waals surface area contributed by atoms with Gasteiger partial charge in [0.1, 0.15) is 0 Å². The highest BCUT2D eigenvalue weighted by Crippen LogP contribution is 2.21. The Labute approximate surface area is 194 Å². The molecule has 0 bridgehead atoms. The number of hydrogen-bond acceptors (Lipinski definition) is 6. The van der Waals surface area contributed by atoms with Crippen LogP contribution in [0.5, 0.6) is 5.88 Å². The molecule has 2 N–H and O–H groups in total. The first-order valence-corrected chi connectivity index (χ1v) is 10.4. The van der Waals surface area contributed by atoms with Gasteiger partial charge in [0.25, 0.3) is 5.91 Å². The zero-order valence-corrected chi connectivity index (χ0v) is 18.3. The predicted molar refractivity (Wildman–Crippen MR) is 122 cm³/mol. The number of nitrogens with one attached hydrogen (secondary N) is 2. The SMILES string of the molecule is CCOc1ccc(Cl)c(C(=O)NNC(=O)c2nc(-c3ccccc3)n(-c3ccccc3)n2)n1. The summed E-state index contributed by atoms with van der Waals surface area (Å²) >= 11 is 6.06. The second-order valence-corrected chi connectivity index (χ2v) is 7.10. The summed E-state index contributed by atoms with van der Waals surface area (Å²) in [6.07, 6.45) is 0. The Morgan fingerprint density at radius 3 is 2.27 bits per heavy atom. The van der Waals surface area contributed by atoms with E-state index in [-0.39, 0.29) is 22.4 Å². The molecular weight excluding hydrogens is 444 g/mol. The Morgan fingerprint density at radius 2 is 1.58 bits per heavy atom. The quantitative estimate of drug-likeness (QED) is 0.424. The van der Waals surface area contributed by atoms with Crippen LogP contribution in [0.1, 0.15) is 28.0 Å². The van der Waals surface area contributed by atoms with Crippen molar-refractivity contribution in [2.45, 2.75) is 6.92 Å². The molecule has 0 radical (unpaired) electrons. The first-order valence-electron chi connectivity index (χ1n) is 10.0. The third-order valence-corrected chi connectivity index (χ3v) is 4.77. The minimum absolute atomic E-state index is 0.0873. The van der Waals surface area contributed by atoms with E-state index in [1.807, 2.05) is 60.7 Å². The molecule has 2 aromatic heterocycles. The largest absolute Gasteiger partial charge is 0.478 e. The Hall–Kier alpha value is -4.24. The van der Waals surface area contributed by atoms with Crippen LogP contribution >= 0.6 is 11.6 Å². The van der Waals surface area contributed by atoms with E-state index in [2.05, 4.69) is 25.9 Å². The third-order valence-electron chi connectivity index (χ3n) is 4.46. The fourth-order valence-corrected chi connectivity index (χ4v) is 3.16. The van der Waals surface area contributed by atoms with E-state index >= 15 is 0 Å². The maximum atomic E-state index is 12.7. The van der Waals surface area contributed by atoms with E-state index in [9.17, 15) is 9.59 Å². The first kappa shape index (κ1) is 22.0. The van der Waals surface area contributed by atoms with Crippen LogP contribution in [0, 0.1) is 0 Å². The zero-order valence-electron chi connectivity index (χ0n) is 17.5. The van der Waals surface area contributed by atoms with Gasteiger partial charge in [-0.15, -0.1) is 5.10 Å². The Balaban J connectivity index is 1.56. The number of para-hydroxylation sites is 1. The highest BCUT2D eigenvalue weighted by atomic mass is 35.5. The molecule has 0 fully saturated rings. The van der Waals surface area contributed by atoms with Crippen molar-refractivity contribution in [2.24, 2.45) is 0 Å². The Bertz CT molecular complexity index is 1220. The molecule has 2 amide bonds. The van der Waals surface area contributed by atoms with Crippen molar-refractivity contribution >= 4 is 23.4 Å². The lowest BCUT2D eigenvalue weighted by Gasteiger charge is -2.08. The standard InChI is InChI=1S/C23H19ClN6O3/c1-2-33-18-14-13-17(24)19(25-18)22(31)27-28-23(32)20-26-21(15-9-5-3-6-10-15)30(29-20)16-11-7-4-8-12-16/h3-14H,2H2,1H3,(H,27,31)(H,28,32). The van der Waals surface area contributed by atoms with E-state index < -0.39 is 11.8 Å². The molecule has 33 heavy (non-hydrogen) atoms. The lowest BCUT2D eigenvalue weighted by molar-refractivity contribution is 0.0838. The summed E-state index contributed by atoms with van der Waals surface area (Å²) in [5.41, 5.74) is 6.01. The average molecular weight is 463 g/mol. The number of hydrazine groups is 1. The van der Waals surface area contributed by atoms with Crippen molar-refractivity contribution in [1.82, 2.24) is 30.6 Å². The van der Waals surface area contributed by atoms with Crippen molar-refractivity contribution in [3.05, 3.63) is 89.3 Å². The summed E-state index contributed by atoms with van der Waals surface area (Å²) in [7, 11) is 0. The Kier molecular flexibility index (Phi) is 6.61. The summed E-state index contributed by atoms with van der Waals surface area (Å²) in [6, 6.07) is 21.7. The van der Waals surface area contributed by atoms with Crippen LogP contribution in [-0.2, 0) is 0 Å². The first-order chi connectivity index (χ1) is 16.1. The molecule has 0 aliphatic heterocycles. The molecule has 10 heteroatoms. The molecule has 0 saturated carbocycles. The molecule has 2 heterocycles. The number of rotatable bonds is 6. The molecule has 0 saturated heterocycles. The van der Waals surface area contributed by atoms with Crippen molar-refractivity contribution in [2.75, 3.05) is 6.61 Å². The van der Waals surface area contributed by atoms with E-state index in [4.69, 9.17) is 16.3 Å². The number of hydrogen-bond donors (Lipinski definition) is 2. The topological polar surface area (TPSA) is 111 Å². The molecule has 0 spiro atoms. The van der Waals surface area contributed by atoms with Gasteiger partial charge in [-0.2, -0.15) is 0 Å². The monoisotopic (exact) mass is 462 g/mol. The third kappa shape index (κ3) is 4.99. The fraction of sp³-hybridized carbons (Fsp3) is 0.0870. The predicted octanol–water partition coefficient (Wildman–Crippen LogP) is 3.46. The summed E-state index contributed by atoms with van der Waals surface area (Å²) in [5, 5.41) is 4.46. The van der Waals surface area contributed by atoms with Crippen LogP contribution in [0.4, 0.5) is 0 Å². The van der Waals surface area contributed by atoms with Crippen molar-refractivity contribution < 1.29 is 14.3 Å².